The predicted octanol–water partition coefficient (Wildman–Crippen LogP) is 5.55. The molecule has 0 spiro atoms. The monoisotopic (exact) mass is 550 g/mol. The van der Waals surface area contributed by atoms with Crippen molar-refractivity contribution in [1.29, 1.82) is 0 Å². The standard InChI is InChI=1S/C32H43FN4O3/c1-7-36(21(4)5)32(38)29-13-25(33)8-9-27(29)28-12-23(18-37-22(6)34-15-31(28)37)24-16-35(17-24)30(20(2)3)14-26-19-39-10-11-40-26/h8-9,12-13,15,18,20-21,24,26,30H,7,10-11,14,16-17,19H2,1-6H3. The first-order valence-electron chi connectivity index (χ1n) is 14.7. The van der Waals surface area contributed by atoms with Gasteiger partial charge in [-0.3, -0.25) is 9.69 Å². The summed E-state index contributed by atoms with van der Waals surface area (Å²) in [5.41, 5.74) is 4.16. The number of benzene rings is 1. The lowest BCUT2D eigenvalue weighted by Crippen LogP contribution is -2.54. The molecule has 7 nitrogen and oxygen atoms in total. The average molecular weight is 551 g/mol. The number of ether oxygens (including phenoxy) is 2. The van der Waals surface area contributed by atoms with Gasteiger partial charge in [-0.2, -0.15) is 0 Å². The van der Waals surface area contributed by atoms with Crippen LogP contribution in [-0.2, 0) is 9.47 Å². The molecule has 8 heteroatoms. The van der Waals surface area contributed by atoms with E-state index in [2.05, 4.69) is 40.4 Å². The van der Waals surface area contributed by atoms with Crippen molar-refractivity contribution < 1.29 is 18.7 Å². The molecule has 0 aliphatic carbocycles. The zero-order valence-corrected chi connectivity index (χ0v) is 24.7. The molecule has 2 atom stereocenters. The molecule has 2 aliphatic rings. The molecule has 0 bridgehead atoms. The highest BCUT2D eigenvalue weighted by atomic mass is 19.1. The number of halogens is 1. The second kappa shape index (κ2) is 12.0. The Hall–Kier alpha value is -2.81. The van der Waals surface area contributed by atoms with Gasteiger partial charge in [-0.15, -0.1) is 0 Å². The molecule has 216 valence electrons. The number of carbonyl (C=O) groups is 1. The summed E-state index contributed by atoms with van der Waals surface area (Å²) in [6.07, 6.45) is 5.16. The van der Waals surface area contributed by atoms with Crippen molar-refractivity contribution in [3.8, 4) is 11.1 Å². The Balaban J connectivity index is 1.47. The van der Waals surface area contributed by atoms with Gasteiger partial charge in [0.05, 0.1) is 43.2 Å². The second-order valence-electron chi connectivity index (χ2n) is 11.9. The Bertz CT molecular complexity index is 1340. The fraction of sp³-hybridized carbons (Fsp3) is 0.562. The molecule has 0 N–H and O–H groups in total. The van der Waals surface area contributed by atoms with Gasteiger partial charge in [0.15, 0.2) is 0 Å². The number of imidazole rings is 1. The van der Waals surface area contributed by atoms with Gasteiger partial charge < -0.3 is 18.8 Å². The lowest BCUT2D eigenvalue weighted by molar-refractivity contribution is -0.104. The number of pyridine rings is 1. The number of amides is 1. The molecule has 2 unspecified atom stereocenters. The van der Waals surface area contributed by atoms with Gasteiger partial charge in [0.1, 0.15) is 11.6 Å². The third-order valence-electron chi connectivity index (χ3n) is 8.58. The molecule has 5 rings (SSSR count). The van der Waals surface area contributed by atoms with Crippen LogP contribution in [0.15, 0.2) is 36.7 Å². The normalized spacial score (nSPS) is 19.4. The van der Waals surface area contributed by atoms with Gasteiger partial charge in [0.2, 0.25) is 0 Å². The molecule has 2 fully saturated rings. The van der Waals surface area contributed by atoms with Crippen LogP contribution in [0.2, 0.25) is 0 Å². The summed E-state index contributed by atoms with van der Waals surface area (Å²) < 4.78 is 28.2. The van der Waals surface area contributed by atoms with Crippen molar-refractivity contribution in [1.82, 2.24) is 19.2 Å². The van der Waals surface area contributed by atoms with Crippen LogP contribution in [0.25, 0.3) is 16.6 Å². The highest BCUT2D eigenvalue weighted by Crippen LogP contribution is 2.37. The molecule has 2 aliphatic heterocycles. The third-order valence-corrected chi connectivity index (χ3v) is 8.58. The minimum absolute atomic E-state index is 0.0117. The van der Waals surface area contributed by atoms with Gasteiger partial charge in [-0.05, 0) is 69.4 Å². The number of aryl methyl sites for hydroxylation is 1. The summed E-state index contributed by atoms with van der Waals surface area (Å²) >= 11 is 0. The van der Waals surface area contributed by atoms with Crippen LogP contribution in [0.5, 0.6) is 0 Å². The van der Waals surface area contributed by atoms with E-state index in [0.717, 1.165) is 42.0 Å². The zero-order chi connectivity index (χ0) is 28.6. The fourth-order valence-electron chi connectivity index (χ4n) is 6.29. The maximum Gasteiger partial charge on any atom is 0.254 e. The van der Waals surface area contributed by atoms with E-state index < -0.39 is 5.82 Å². The number of fused-ring (bicyclic) bond motifs is 1. The maximum atomic E-state index is 14.5. The van der Waals surface area contributed by atoms with Crippen LogP contribution in [-0.4, -0.2) is 82.7 Å². The van der Waals surface area contributed by atoms with E-state index in [1.807, 2.05) is 33.9 Å². The van der Waals surface area contributed by atoms with E-state index in [1.54, 1.807) is 11.0 Å². The lowest BCUT2D eigenvalue weighted by atomic mass is 9.85. The number of rotatable bonds is 9. The molecule has 0 radical (unpaired) electrons. The number of hydrogen-bond acceptors (Lipinski definition) is 5. The molecular formula is C32H43FN4O3. The molecule has 0 saturated carbocycles. The van der Waals surface area contributed by atoms with Crippen molar-refractivity contribution in [2.24, 2.45) is 5.92 Å². The number of carbonyl (C=O) groups excluding carboxylic acids is 1. The molecule has 2 saturated heterocycles. The van der Waals surface area contributed by atoms with E-state index in [-0.39, 0.29) is 18.1 Å². The number of aromatic nitrogens is 2. The summed E-state index contributed by atoms with van der Waals surface area (Å²) in [6, 6.07) is 7.20. The van der Waals surface area contributed by atoms with E-state index in [1.165, 1.54) is 17.7 Å². The molecule has 40 heavy (non-hydrogen) atoms. The quantitative estimate of drug-likeness (QED) is 0.350. The summed E-state index contributed by atoms with van der Waals surface area (Å²) in [7, 11) is 0. The summed E-state index contributed by atoms with van der Waals surface area (Å²) in [5, 5.41) is 0. The van der Waals surface area contributed by atoms with Gasteiger partial charge in [0.25, 0.3) is 5.91 Å². The van der Waals surface area contributed by atoms with Gasteiger partial charge in [0, 0.05) is 49.4 Å². The highest BCUT2D eigenvalue weighted by Gasteiger charge is 2.37. The van der Waals surface area contributed by atoms with Crippen molar-refractivity contribution >= 4 is 11.4 Å². The Kier molecular flexibility index (Phi) is 8.59. The Morgan fingerprint density at radius 1 is 1.15 bits per heavy atom. The lowest BCUT2D eigenvalue weighted by Gasteiger charge is -2.47. The maximum absolute atomic E-state index is 14.5. The van der Waals surface area contributed by atoms with E-state index in [0.29, 0.717) is 49.8 Å². The number of likely N-dealkylation sites (tertiary alicyclic amines) is 1. The largest absolute Gasteiger partial charge is 0.376 e. The minimum atomic E-state index is -0.412. The minimum Gasteiger partial charge on any atom is -0.376 e. The Morgan fingerprint density at radius 2 is 1.93 bits per heavy atom. The Labute approximate surface area is 237 Å². The average Bonchev–Trinajstić information content (AvgIpc) is 3.28. The van der Waals surface area contributed by atoms with Crippen LogP contribution in [0.1, 0.15) is 68.7 Å². The van der Waals surface area contributed by atoms with Crippen LogP contribution >= 0.6 is 0 Å². The molecular weight excluding hydrogens is 507 g/mol. The first kappa shape index (κ1) is 28.7. The molecule has 1 aromatic carbocycles. The first-order chi connectivity index (χ1) is 19.2. The molecule has 2 aromatic heterocycles. The van der Waals surface area contributed by atoms with Crippen LogP contribution in [0.4, 0.5) is 4.39 Å². The SMILES string of the molecule is CCN(C(=O)c1cc(F)ccc1-c1cc(C2CN(C(CC3COCCO3)C(C)C)C2)cn2c(C)ncc12)C(C)C. The zero-order valence-electron chi connectivity index (χ0n) is 24.7. The van der Waals surface area contributed by atoms with Gasteiger partial charge >= 0.3 is 0 Å². The first-order valence-corrected chi connectivity index (χ1v) is 14.7. The predicted molar refractivity (Wildman–Crippen MR) is 155 cm³/mol. The van der Waals surface area contributed by atoms with Crippen molar-refractivity contribution in [3.05, 3.63) is 59.4 Å². The second-order valence-corrected chi connectivity index (χ2v) is 11.9. The van der Waals surface area contributed by atoms with E-state index in [9.17, 15) is 9.18 Å². The fourth-order valence-corrected chi connectivity index (χ4v) is 6.29. The summed E-state index contributed by atoms with van der Waals surface area (Å²) in [5.74, 6) is 1.18. The van der Waals surface area contributed by atoms with Crippen molar-refractivity contribution in [2.75, 3.05) is 39.5 Å². The molecule has 4 heterocycles. The smallest absolute Gasteiger partial charge is 0.254 e. The van der Waals surface area contributed by atoms with Crippen molar-refractivity contribution in [2.45, 2.75) is 72.1 Å². The topological polar surface area (TPSA) is 59.3 Å². The van der Waals surface area contributed by atoms with E-state index >= 15 is 0 Å². The molecule has 1 amide bonds. The van der Waals surface area contributed by atoms with Crippen molar-refractivity contribution in [3.63, 3.8) is 0 Å². The summed E-state index contributed by atoms with van der Waals surface area (Å²) in [4.78, 5) is 22.6. The number of hydrogen-bond donors (Lipinski definition) is 0. The van der Waals surface area contributed by atoms with E-state index in [4.69, 9.17) is 9.47 Å². The third kappa shape index (κ3) is 5.67. The van der Waals surface area contributed by atoms with Gasteiger partial charge in [-0.25, -0.2) is 9.37 Å². The Morgan fingerprint density at radius 3 is 2.58 bits per heavy atom. The van der Waals surface area contributed by atoms with Crippen LogP contribution in [0.3, 0.4) is 0 Å². The van der Waals surface area contributed by atoms with Gasteiger partial charge in [-0.1, -0.05) is 19.9 Å². The van der Waals surface area contributed by atoms with Crippen LogP contribution < -0.4 is 0 Å². The number of nitrogens with zero attached hydrogens (tertiary/aromatic N) is 4. The summed E-state index contributed by atoms with van der Waals surface area (Å²) in [6.45, 7) is 17.0. The highest BCUT2D eigenvalue weighted by molar-refractivity contribution is 6.03. The van der Waals surface area contributed by atoms with Crippen LogP contribution in [0, 0.1) is 18.7 Å². The molecule has 3 aromatic rings.